The zero-order chi connectivity index (χ0) is 20.9. The van der Waals surface area contributed by atoms with Gasteiger partial charge >= 0.3 is 5.97 Å². The Morgan fingerprint density at radius 3 is 2.43 bits per heavy atom. The van der Waals surface area contributed by atoms with Crippen molar-refractivity contribution in [3.8, 4) is 5.75 Å². The predicted molar refractivity (Wildman–Crippen MR) is 100 cm³/mol. The molecule has 0 bridgehead atoms. The van der Waals surface area contributed by atoms with E-state index in [1.54, 1.807) is 20.0 Å². The van der Waals surface area contributed by atoms with Crippen molar-refractivity contribution < 1.29 is 27.5 Å². The molecule has 1 amide bonds. The van der Waals surface area contributed by atoms with E-state index in [9.17, 15) is 18.0 Å². The minimum Gasteiger partial charge on any atom is -0.497 e. The molecular formula is C17H22N4O6S. The molecule has 11 heteroatoms. The summed E-state index contributed by atoms with van der Waals surface area (Å²) in [4.78, 5) is 23.9. The molecule has 2 rings (SSSR count). The van der Waals surface area contributed by atoms with E-state index in [0.717, 1.165) is 5.69 Å². The van der Waals surface area contributed by atoms with Crippen LogP contribution in [0.15, 0.2) is 35.2 Å². The van der Waals surface area contributed by atoms with Crippen molar-refractivity contribution in [1.82, 2.24) is 14.5 Å². The Bertz CT molecular complexity index is 953. The number of ether oxygens (including phenoxy) is 2. The second kappa shape index (κ2) is 8.85. The highest BCUT2D eigenvalue weighted by Gasteiger charge is 2.24. The smallest absolute Gasteiger partial charge is 0.324 e. The quantitative estimate of drug-likeness (QED) is 0.609. The van der Waals surface area contributed by atoms with Gasteiger partial charge in [0.15, 0.2) is 6.61 Å². The average molecular weight is 410 g/mol. The van der Waals surface area contributed by atoms with Gasteiger partial charge in [-0.1, -0.05) is 0 Å². The highest BCUT2D eigenvalue weighted by molar-refractivity contribution is 7.89. The van der Waals surface area contributed by atoms with Gasteiger partial charge < -0.3 is 14.8 Å². The molecule has 0 radical (unpaired) electrons. The predicted octanol–water partition coefficient (Wildman–Crippen LogP) is 0.586. The van der Waals surface area contributed by atoms with E-state index >= 15 is 0 Å². The van der Waals surface area contributed by atoms with Crippen molar-refractivity contribution in [3.05, 3.63) is 36.0 Å². The molecule has 0 aliphatic rings. The van der Waals surface area contributed by atoms with Crippen LogP contribution in [0.25, 0.3) is 0 Å². The molecule has 2 N–H and O–H groups in total. The van der Waals surface area contributed by atoms with Gasteiger partial charge in [-0.2, -0.15) is 9.82 Å². The van der Waals surface area contributed by atoms with Crippen LogP contribution in [-0.4, -0.2) is 49.8 Å². The number of methoxy groups -OCH3 is 1. The maximum atomic E-state index is 12.3. The second-order valence-corrected chi connectivity index (χ2v) is 7.68. The summed E-state index contributed by atoms with van der Waals surface area (Å²) in [5.74, 6) is -0.497. The number of rotatable bonds is 8. The number of carbonyl (C=O) groups is 2. The van der Waals surface area contributed by atoms with Crippen LogP contribution in [0, 0.1) is 6.92 Å². The zero-order valence-electron chi connectivity index (χ0n) is 15.9. The summed E-state index contributed by atoms with van der Waals surface area (Å²) in [6.07, 6.45) is 0. The molecule has 0 unspecified atom stereocenters. The first-order chi connectivity index (χ1) is 13.1. The fraction of sp³-hybridized carbons (Fsp3) is 0.353. The van der Waals surface area contributed by atoms with Crippen molar-refractivity contribution in [2.24, 2.45) is 7.05 Å². The summed E-state index contributed by atoms with van der Waals surface area (Å²) in [5.41, 5.74) is 0.719. The normalized spacial score (nSPS) is 12.3. The Labute approximate surface area is 162 Å². The van der Waals surface area contributed by atoms with Crippen molar-refractivity contribution in [3.63, 3.8) is 0 Å². The topological polar surface area (TPSA) is 129 Å². The largest absolute Gasteiger partial charge is 0.497 e. The number of amides is 1. The summed E-state index contributed by atoms with van der Waals surface area (Å²) in [7, 11) is -0.817. The number of nitrogens with zero attached hydrogens (tertiary/aromatic N) is 2. The number of sulfonamides is 1. The number of aryl methyl sites for hydroxylation is 2. The van der Waals surface area contributed by atoms with E-state index in [2.05, 4.69) is 15.1 Å². The lowest BCUT2D eigenvalue weighted by Gasteiger charge is -2.14. The SMILES string of the molecule is COc1ccc(S(=O)(=O)N[C@@H](C)C(=O)OCC(=O)Nc2cc(C)nn2C)cc1. The molecule has 0 aliphatic carbocycles. The maximum absolute atomic E-state index is 12.3. The number of aromatic nitrogens is 2. The summed E-state index contributed by atoms with van der Waals surface area (Å²) >= 11 is 0. The van der Waals surface area contributed by atoms with Crippen LogP contribution in [0.5, 0.6) is 5.75 Å². The highest BCUT2D eigenvalue weighted by atomic mass is 32.2. The van der Waals surface area contributed by atoms with Gasteiger partial charge in [-0.05, 0) is 38.1 Å². The molecule has 0 saturated carbocycles. The molecule has 28 heavy (non-hydrogen) atoms. The third-order valence-corrected chi connectivity index (χ3v) is 5.23. The first-order valence-electron chi connectivity index (χ1n) is 8.26. The molecule has 10 nitrogen and oxygen atoms in total. The average Bonchev–Trinajstić information content (AvgIpc) is 2.96. The molecule has 1 atom stereocenters. The molecule has 0 fully saturated rings. The van der Waals surface area contributed by atoms with Gasteiger partial charge in [0.2, 0.25) is 10.0 Å². The summed E-state index contributed by atoms with van der Waals surface area (Å²) in [5, 5.41) is 6.62. The number of nitrogens with one attached hydrogen (secondary N) is 2. The Morgan fingerprint density at radius 1 is 1.25 bits per heavy atom. The number of hydrogen-bond acceptors (Lipinski definition) is 7. The van der Waals surface area contributed by atoms with Crippen molar-refractivity contribution in [1.29, 1.82) is 0 Å². The maximum Gasteiger partial charge on any atom is 0.324 e. The second-order valence-electron chi connectivity index (χ2n) is 5.97. The minimum atomic E-state index is -3.94. The first kappa shape index (κ1) is 21.4. The van der Waals surface area contributed by atoms with Crippen LogP contribution in [-0.2, 0) is 31.4 Å². The molecule has 152 valence electrons. The van der Waals surface area contributed by atoms with Gasteiger partial charge in [0.25, 0.3) is 5.91 Å². The first-order valence-corrected chi connectivity index (χ1v) is 9.74. The van der Waals surface area contributed by atoms with Crippen molar-refractivity contribution >= 4 is 27.7 Å². The molecule has 0 aliphatic heterocycles. The Balaban J connectivity index is 1.89. The lowest BCUT2D eigenvalue weighted by atomic mass is 10.3. The van der Waals surface area contributed by atoms with E-state index in [1.807, 2.05) is 0 Å². The van der Waals surface area contributed by atoms with Crippen LogP contribution < -0.4 is 14.8 Å². The lowest BCUT2D eigenvalue weighted by molar-refractivity contribution is -0.148. The Hall–Kier alpha value is -2.92. The van der Waals surface area contributed by atoms with E-state index < -0.39 is 34.5 Å². The molecule has 2 aromatic rings. The Kier molecular flexibility index (Phi) is 6.75. The van der Waals surface area contributed by atoms with Crippen LogP contribution in [0.1, 0.15) is 12.6 Å². The highest BCUT2D eigenvalue weighted by Crippen LogP contribution is 2.15. The van der Waals surface area contributed by atoms with Crippen LogP contribution in [0.2, 0.25) is 0 Å². The third kappa shape index (κ3) is 5.54. The van der Waals surface area contributed by atoms with E-state index in [1.165, 1.54) is 43.0 Å². The van der Waals surface area contributed by atoms with Gasteiger partial charge in [-0.3, -0.25) is 14.3 Å². The fourth-order valence-corrected chi connectivity index (χ4v) is 3.46. The van der Waals surface area contributed by atoms with Crippen molar-refractivity contribution in [2.45, 2.75) is 24.8 Å². The monoisotopic (exact) mass is 410 g/mol. The van der Waals surface area contributed by atoms with E-state index in [-0.39, 0.29) is 4.90 Å². The third-order valence-electron chi connectivity index (χ3n) is 3.67. The number of benzene rings is 1. The van der Waals surface area contributed by atoms with E-state index in [4.69, 9.17) is 9.47 Å². The van der Waals surface area contributed by atoms with Gasteiger partial charge in [0, 0.05) is 13.1 Å². The Morgan fingerprint density at radius 2 is 1.89 bits per heavy atom. The van der Waals surface area contributed by atoms with Gasteiger partial charge in [0.05, 0.1) is 17.7 Å². The molecule has 0 saturated heterocycles. The molecule has 1 heterocycles. The van der Waals surface area contributed by atoms with Crippen LogP contribution >= 0.6 is 0 Å². The number of carbonyl (C=O) groups excluding carboxylic acids is 2. The van der Waals surface area contributed by atoms with Crippen LogP contribution in [0.4, 0.5) is 5.82 Å². The summed E-state index contributed by atoms with van der Waals surface area (Å²) < 4.78 is 38.2. The zero-order valence-corrected chi connectivity index (χ0v) is 16.7. The van der Waals surface area contributed by atoms with Crippen molar-refractivity contribution in [2.75, 3.05) is 19.0 Å². The van der Waals surface area contributed by atoms with E-state index in [0.29, 0.717) is 11.6 Å². The number of hydrogen-bond donors (Lipinski definition) is 2. The summed E-state index contributed by atoms with van der Waals surface area (Å²) in [6, 6.07) is 6.15. The standard InChI is InChI=1S/C17H22N4O6S/c1-11-9-15(21(3)19-11)18-16(22)10-27-17(23)12(2)20-28(24,25)14-7-5-13(26-4)6-8-14/h5-9,12,20H,10H2,1-4H3,(H,18,22)/t12-/m0/s1. The fourth-order valence-electron chi connectivity index (χ4n) is 2.27. The summed E-state index contributed by atoms with van der Waals surface area (Å²) in [6.45, 7) is 2.54. The van der Waals surface area contributed by atoms with Crippen LogP contribution in [0.3, 0.4) is 0 Å². The molecule has 1 aromatic carbocycles. The molecule has 1 aromatic heterocycles. The van der Waals surface area contributed by atoms with Gasteiger partial charge in [-0.25, -0.2) is 8.42 Å². The van der Waals surface area contributed by atoms with Gasteiger partial charge in [0.1, 0.15) is 17.6 Å². The molecular weight excluding hydrogens is 388 g/mol. The minimum absolute atomic E-state index is 0.0303. The number of anilines is 1. The lowest BCUT2D eigenvalue weighted by Crippen LogP contribution is -2.40. The number of esters is 1. The molecule has 0 spiro atoms. The van der Waals surface area contributed by atoms with Gasteiger partial charge in [-0.15, -0.1) is 0 Å².